The number of benzene rings is 1. The molecule has 90 valence electrons. The highest BCUT2D eigenvalue weighted by atomic mass is 32.1. The quantitative estimate of drug-likeness (QED) is 0.610. The zero-order valence-corrected chi connectivity index (χ0v) is 9.14. The topological polar surface area (TPSA) is 59.1 Å². The summed E-state index contributed by atoms with van der Waals surface area (Å²) in [6, 6.07) is 4.84. The average molecular weight is 260 g/mol. The van der Waals surface area contributed by atoms with Crippen molar-refractivity contribution >= 4 is 33.3 Å². The zero-order valence-electron chi connectivity index (χ0n) is 8.32. The van der Waals surface area contributed by atoms with Crippen LogP contribution in [0.2, 0.25) is 0 Å². The highest BCUT2D eigenvalue weighted by Crippen LogP contribution is 2.29. The number of nitrogen functional groups attached to an aromatic ring is 1. The molecule has 1 aromatic heterocycles. The van der Waals surface area contributed by atoms with Gasteiger partial charge in [0.15, 0.2) is 0 Å². The number of rotatable bonds is 1. The van der Waals surface area contributed by atoms with Gasteiger partial charge in [0.1, 0.15) is 5.01 Å². The average Bonchev–Trinajstić information content (AvgIpc) is 2.57. The fraction of sp³-hybridized carbons (Fsp3) is 0.100. The summed E-state index contributed by atoms with van der Waals surface area (Å²) < 4.78 is 37.0. The lowest BCUT2D eigenvalue weighted by Crippen LogP contribution is -2.10. The highest BCUT2D eigenvalue weighted by Gasteiger charge is 2.33. The Kier molecular flexibility index (Phi) is 2.70. The maximum atomic E-state index is 12.1. The van der Waals surface area contributed by atoms with E-state index in [1.807, 2.05) is 0 Å². The molecular weight excluding hydrogens is 253 g/mol. The number of nitrogens with zero attached hydrogens (tertiary/aromatic N) is 1. The Hall–Kier alpha value is -1.76. The number of allylic oxidation sites excluding steroid dienone is 1. The predicted octanol–water partition coefficient (Wildman–Crippen LogP) is 3.34. The standard InChI is InChI=1S/C10H7F3N2OS/c11-10(12,13)8(16)4-9-15-6-2-1-5(14)3-7(6)17-9/h1-4,16H,14H2. The molecule has 0 fully saturated rings. The van der Waals surface area contributed by atoms with Crippen LogP contribution in [0.4, 0.5) is 18.9 Å². The number of thiazole rings is 1. The molecular formula is C10H7F3N2OS. The molecule has 17 heavy (non-hydrogen) atoms. The lowest BCUT2D eigenvalue weighted by Gasteiger charge is -2.02. The van der Waals surface area contributed by atoms with Gasteiger partial charge in [-0.3, -0.25) is 0 Å². The first-order valence-electron chi connectivity index (χ1n) is 4.50. The summed E-state index contributed by atoms with van der Waals surface area (Å²) in [5, 5.41) is 8.88. The maximum Gasteiger partial charge on any atom is 0.448 e. The van der Waals surface area contributed by atoms with Gasteiger partial charge >= 0.3 is 6.18 Å². The third kappa shape index (κ3) is 2.50. The Labute approximate surface area is 98.0 Å². The molecule has 0 unspecified atom stereocenters. The number of fused-ring (bicyclic) bond motifs is 1. The van der Waals surface area contributed by atoms with E-state index in [1.54, 1.807) is 18.2 Å². The van der Waals surface area contributed by atoms with Crippen LogP contribution >= 0.6 is 11.3 Å². The second kappa shape index (κ2) is 3.92. The highest BCUT2D eigenvalue weighted by molar-refractivity contribution is 7.19. The molecule has 7 heteroatoms. The summed E-state index contributed by atoms with van der Waals surface area (Å²) >= 11 is 1.03. The number of aliphatic hydroxyl groups is 1. The second-order valence-corrected chi connectivity index (χ2v) is 4.37. The lowest BCUT2D eigenvalue weighted by atomic mass is 10.3. The number of alkyl halides is 3. The smallest absolute Gasteiger partial charge is 0.448 e. The number of hydrogen-bond acceptors (Lipinski definition) is 4. The Morgan fingerprint density at radius 2 is 2.12 bits per heavy atom. The minimum Gasteiger partial charge on any atom is -0.504 e. The van der Waals surface area contributed by atoms with Crippen molar-refractivity contribution in [2.45, 2.75) is 6.18 Å². The van der Waals surface area contributed by atoms with Crippen LogP contribution in [0.25, 0.3) is 16.3 Å². The molecule has 0 aliphatic rings. The van der Waals surface area contributed by atoms with E-state index in [-0.39, 0.29) is 5.01 Å². The molecule has 0 bridgehead atoms. The van der Waals surface area contributed by atoms with Gasteiger partial charge in [-0.15, -0.1) is 11.3 Å². The molecule has 1 heterocycles. The molecule has 0 atom stereocenters. The molecule has 0 aliphatic carbocycles. The van der Waals surface area contributed by atoms with Crippen LogP contribution in [-0.2, 0) is 0 Å². The van der Waals surface area contributed by atoms with E-state index < -0.39 is 11.9 Å². The summed E-state index contributed by atoms with van der Waals surface area (Å²) in [6.45, 7) is 0. The lowest BCUT2D eigenvalue weighted by molar-refractivity contribution is -0.119. The molecule has 0 saturated heterocycles. The zero-order chi connectivity index (χ0) is 12.6. The van der Waals surface area contributed by atoms with Crippen molar-refractivity contribution in [3.8, 4) is 0 Å². The molecule has 0 aliphatic heterocycles. The monoisotopic (exact) mass is 260 g/mol. The fourth-order valence-electron chi connectivity index (χ4n) is 1.22. The predicted molar refractivity (Wildman–Crippen MR) is 60.7 cm³/mol. The van der Waals surface area contributed by atoms with Gasteiger partial charge in [0.05, 0.1) is 10.2 Å². The third-order valence-corrected chi connectivity index (χ3v) is 2.94. The maximum absolute atomic E-state index is 12.1. The van der Waals surface area contributed by atoms with E-state index in [0.717, 1.165) is 11.3 Å². The number of nitrogens with two attached hydrogens (primary N) is 1. The van der Waals surface area contributed by atoms with E-state index in [2.05, 4.69) is 4.98 Å². The molecule has 2 rings (SSSR count). The molecule has 3 N–H and O–H groups in total. The van der Waals surface area contributed by atoms with Gasteiger partial charge in [-0.2, -0.15) is 13.2 Å². The van der Waals surface area contributed by atoms with Gasteiger partial charge in [-0.05, 0) is 18.2 Å². The summed E-state index contributed by atoms with van der Waals surface area (Å²) in [6.07, 6.45) is -4.16. The van der Waals surface area contributed by atoms with Crippen molar-refractivity contribution < 1.29 is 18.3 Å². The van der Waals surface area contributed by atoms with Crippen LogP contribution in [-0.4, -0.2) is 16.3 Å². The first-order chi connectivity index (χ1) is 7.86. The van der Waals surface area contributed by atoms with Crippen molar-refractivity contribution in [3.63, 3.8) is 0 Å². The van der Waals surface area contributed by atoms with Crippen LogP contribution in [0.3, 0.4) is 0 Å². The first kappa shape index (κ1) is 11.7. The minimum atomic E-state index is -4.75. The van der Waals surface area contributed by atoms with E-state index in [0.29, 0.717) is 22.0 Å². The normalized spacial score (nSPS) is 13.2. The SMILES string of the molecule is Nc1ccc2nc(C=C(O)C(F)(F)F)sc2c1. The second-order valence-electron chi connectivity index (χ2n) is 3.31. The van der Waals surface area contributed by atoms with Gasteiger partial charge in [0.2, 0.25) is 5.76 Å². The van der Waals surface area contributed by atoms with E-state index >= 15 is 0 Å². The summed E-state index contributed by atoms with van der Waals surface area (Å²) in [7, 11) is 0. The number of aromatic nitrogens is 1. The van der Waals surface area contributed by atoms with Crippen LogP contribution in [0.5, 0.6) is 0 Å². The van der Waals surface area contributed by atoms with Gasteiger partial charge in [-0.25, -0.2) is 4.98 Å². The molecule has 1 aromatic carbocycles. The Balaban J connectivity index is 2.44. The summed E-state index contributed by atoms with van der Waals surface area (Å²) in [5.74, 6) is -1.66. The third-order valence-electron chi connectivity index (χ3n) is 1.98. The van der Waals surface area contributed by atoms with Crippen molar-refractivity contribution in [2.75, 3.05) is 5.73 Å². The minimum absolute atomic E-state index is 0.0837. The Bertz CT molecular complexity index is 589. The van der Waals surface area contributed by atoms with Crippen molar-refractivity contribution in [3.05, 3.63) is 29.0 Å². The van der Waals surface area contributed by atoms with Gasteiger partial charge in [0, 0.05) is 11.8 Å². The number of halogens is 3. The van der Waals surface area contributed by atoms with Gasteiger partial charge in [0.25, 0.3) is 0 Å². The van der Waals surface area contributed by atoms with Crippen LogP contribution in [0, 0.1) is 0 Å². The number of hydrogen-bond donors (Lipinski definition) is 2. The van der Waals surface area contributed by atoms with E-state index in [4.69, 9.17) is 10.8 Å². The van der Waals surface area contributed by atoms with Crippen molar-refractivity contribution in [1.29, 1.82) is 0 Å². The fourth-order valence-corrected chi connectivity index (χ4v) is 2.17. The van der Waals surface area contributed by atoms with Crippen LogP contribution in [0.15, 0.2) is 24.0 Å². The van der Waals surface area contributed by atoms with Crippen LogP contribution in [0.1, 0.15) is 5.01 Å². The first-order valence-corrected chi connectivity index (χ1v) is 5.32. The molecule has 0 amide bonds. The van der Waals surface area contributed by atoms with Crippen molar-refractivity contribution in [2.24, 2.45) is 0 Å². The largest absolute Gasteiger partial charge is 0.504 e. The van der Waals surface area contributed by atoms with E-state index in [9.17, 15) is 13.2 Å². The van der Waals surface area contributed by atoms with Gasteiger partial charge in [-0.1, -0.05) is 0 Å². The Morgan fingerprint density at radius 1 is 1.41 bits per heavy atom. The van der Waals surface area contributed by atoms with Crippen LogP contribution < -0.4 is 5.73 Å². The molecule has 0 spiro atoms. The Morgan fingerprint density at radius 3 is 2.76 bits per heavy atom. The van der Waals surface area contributed by atoms with Crippen molar-refractivity contribution in [1.82, 2.24) is 4.98 Å². The van der Waals surface area contributed by atoms with E-state index in [1.165, 1.54) is 0 Å². The van der Waals surface area contributed by atoms with Gasteiger partial charge < -0.3 is 10.8 Å². The summed E-state index contributed by atoms with van der Waals surface area (Å²) in [4.78, 5) is 3.93. The molecule has 0 saturated carbocycles. The molecule has 2 aromatic rings. The molecule has 0 radical (unpaired) electrons. The molecule has 3 nitrogen and oxygen atoms in total. The number of aliphatic hydroxyl groups excluding tert-OH is 1. The summed E-state index contributed by atoms with van der Waals surface area (Å²) in [5.41, 5.74) is 6.60. The number of anilines is 1.